The monoisotopic (exact) mass is 260 g/mol. The van der Waals surface area contributed by atoms with Crippen molar-refractivity contribution in [2.75, 3.05) is 14.2 Å². The van der Waals surface area contributed by atoms with E-state index in [9.17, 15) is 9.00 Å². The maximum atomic E-state index is 12.1. The second kappa shape index (κ2) is 5.59. The lowest BCUT2D eigenvalue weighted by molar-refractivity contribution is -0.141. The second-order valence-corrected chi connectivity index (χ2v) is 6.88. The van der Waals surface area contributed by atoms with Crippen LogP contribution in [-0.4, -0.2) is 41.0 Å². The number of ether oxygens (including phenoxy) is 2. The van der Waals surface area contributed by atoms with E-state index in [2.05, 4.69) is 0 Å². The Morgan fingerprint density at radius 3 is 2.24 bits per heavy atom. The summed E-state index contributed by atoms with van der Waals surface area (Å²) in [7, 11) is 2.40. The largest absolute Gasteiger partial charge is 0.355 e. The third-order valence-electron chi connectivity index (χ3n) is 3.91. The number of carbonyl (C=O) groups is 1. The van der Waals surface area contributed by atoms with E-state index < -0.39 is 17.1 Å². The molecule has 0 aliphatic carbocycles. The molecule has 0 saturated carbocycles. The normalized spacial score (nSPS) is 36.4. The van der Waals surface area contributed by atoms with Crippen molar-refractivity contribution in [1.29, 1.82) is 0 Å². The summed E-state index contributed by atoms with van der Waals surface area (Å²) in [5.74, 6) is 0.269. The molecule has 0 aromatic heterocycles. The Balaban J connectivity index is 1.91. The van der Waals surface area contributed by atoms with E-state index >= 15 is 0 Å². The van der Waals surface area contributed by atoms with E-state index in [1.807, 2.05) is 0 Å². The summed E-state index contributed by atoms with van der Waals surface area (Å²) in [5, 5.41) is 0.512. The van der Waals surface area contributed by atoms with Gasteiger partial charge in [-0.2, -0.15) is 0 Å². The van der Waals surface area contributed by atoms with Crippen molar-refractivity contribution in [2.24, 2.45) is 5.92 Å². The first-order valence-corrected chi connectivity index (χ1v) is 7.41. The van der Waals surface area contributed by atoms with Crippen LogP contribution in [0.3, 0.4) is 0 Å². The fourth-order valence-corrected chi connectivity index (χ4v) is 5.01. The molecule has 2 unspecified atom stereocenters. The maximum Gasteiger partial charge on any atom is 0.163 e. The average Bonchev–Trinajstić information content (AvgIpc) is 2.58. The first-order chi connectivity index (χ1) is 8.15. The molecule has 5 heteroatoms. The molecule has 2 atom stereocenters. The van der Waals surface area contributed by atoms with Crippen molar-refractivity contribution in [3.8, 4) is 0 Å². The fraction of sp³-hybridized carbons (Fsp3) is 0.917. The molecule has 17 heavy (non-hydrogen) atoms. The van der Waals surface area contributed by atoms with Gasteiger partial charge in [-0.1, -0.05) is 0 Å². The van der Waals surface area contributed by atoms with Crippen LogP contribution in [0.5, 0.6) is 0 Å². The lowest BCUT2D eigenvalue weighted by Crippen LogP contribution is -2.34. The highest BCUT2D eigenvalue weighted by Crippen LogP contribution is 2.39. The van der Waals surface area contributed by atoms with Crippen LogP contribution < -0.4 is 0 Å². The summed E-state index contributed by atoms with van der Waals surface area (Å²) >= 11 is 0. The highest BCUT2D eigenvalue weighted by molar-refractivity contribution is 7.86. The molecular formula is C12H20O4S. The number of Topliss-reactive ketones (excluding diaryl/α,β-unsaturated/α-hetero) is 1. The predicted octanol–water partition coefficient (Wildman–Crippen LogP) is 1.25. The molecule has 0 N–H and O–H groups in total. The summed E-state index contributed by atoms with van der Waals surface area (Å²) < 4.78 is 21.9. The smallest absolute Gasteiger partial charge is 0.163 e. The lowest BCUT2D eigenvalue weighted by Gasteiger charge is -2.27. The van der Waals surface area contributed by atoms with Gasteiger partial charge in [0.1, 0.15) is 5.78 Å². The zero-order valence-electron chi connectivity index (χ0n) is 10.4. The molecule has 0 amide bonds. The second-order valence-electron chi connectivity index (χ2n) is 4.89. The van der Waals surface area contributed by atoms with E-state index in [1.165, 1.54) is 0 Å². The van der Waals surface area contributed by atoms with E-state index in [0.29, 0.717) is 6.42 Å². The van der Waals surface area contributed by atoms with Gasteiger partial charge >= 0.3 is 0 Å². The van der Waals surface area contributed by atoms with Gasteiger partial charge in [0.2, 0.25) is 0 Å². The Morgan fingerprint density at radius 1 is 1.24 bits per heavy atom. The van der Waals surface area contributed by atoms with Gasteiger partial charge in [0.05, 0.1) is 6.42 Å². The first-order valence-electron chi connectivity index (χ1n) is 6.13. The zero-order valence-corrected chi connectivity index (χ0v) is 11.2. The Morgan fingerprint density at radius 2 is 1.76 bits per heavy atom. The Bertz CT molecular complexity index is 298. The molecule has 4 nitrogen and oxygen atoms in total. The molecule has 2 aliphatic rings. The van der Waals surface area contributed by atoms with Crippen LogP contribution >= 0.6 is 0 Å². The van der Waals surface area contributed by atoms with Crippen molar-refractivity contribution in [2.45, 2.75) is 48.9 Å². The minimum atomic E-state index is -0.687. The highest BCUT2D eigenvalue weighted by Gasteiger charge is 2.42. The number of ketones is 1. The van der Waals surface area contributed by atoms with Crippen molar-refractivity contribution >= 4 is 16.6 Å². The Labute approximate surface area is 105 Å². The first kappa shape index (κ1) is 13.2. The van der Waals surface area contributed by atoms with Gasteiger partial charge in [0.15, 0.2) is 6.29 Å². The van der Waals surface area contributed by atoms with E-state index in [1.54, 1.807) is 14.2 Å². The van der Waals surface area contributed by atoms with Gasteiger partial charge in [-0.25, -0.2) is 0 Å². The van der Waals surface area contributed by atoms with Crippen LogP contribution in [0.25, 0.3) is 0 Å². The molecule has 2 bridgehead atoms. The van der Waals surface area contributed by atoms with E-state index in [-0.39, 0.29) is 22.2 Å². The molecule has 0 aromatic rings. The van der Waals surface area contributed by atoms with E-state index in [0.717, 1.165) is 25.7 Å². The number of carbonyl (C=O) groups excluding carboxylic acids is 1. The molecule has 2 aliphatic heterocycles. The number of methoxy groups -OCH3 is 2. The molecule has 2 fully saturated rings. The van der Waals surface area contributed by atoms with Gasteiger partial charge in [0.25, 0.3) is 0 Å². The van der Waals surface area contributed by atoms with Crippen LogP contribution in [0.15, 0.2) is 0 Å². The predicted molar refractivity (Wildman–Crippen MR) is 65.1 cm³/mol. The summed E-state index contributed by atoms with van der Waals surface area (Å²) in [4.78, 5) is 12.1. The molecular weight excluding hydrogens is 240 g/mol. The summed E-state index contributed by atoms with van der Waals surface area (Å²) in [6, 6.07) is 0. The summed E-state index contributed by atoms with van der Waals surface area (Å²) in [5.41, 5.74) is 0. The van der Waals surface area contributed by atoms with Crippen molar-refractivity contribution < 1.29 is 18.5 Å². The molecule has 0 aromatic carbocycles. The van der Waals surface area contributed by atoms with Crippen LogP contribution in [0.4, 0.5) is 0 Å². The van der Waals surface area contributed by atoms with Crippen LogP contribution in [0.1, 0.15) is 32.1 Å². The van der Waals surface area contributed by atoms with Gasteiger partial charge in [-0.3, -0.25) is 9.00 Å². The average molecular weight is 260 g/mol. The quantitative estimate of drug-likeness (QED) is 0.698. The van der Waals surface area contributed by atoms with Crippen LogP contribution in [0, 0.1) is 5.92 Å². The highest BCUT2D eigenvalue weighted by atomic mass is 32.2. The van der Waals surface area contributed by atoms with E-state index in [4.69, 9.17) is 9.47 Å². The Kier molecular flexibility index (Phi) is 4.33. The minimum Gasteiger partial charge on any atom is -0.355 e. The van der Waals surface area contributed by atoms with Crippen molar-refractivity contribution in [1.82, 2.24) is 0 Å². The summed E-state index contributed by atoms with van der Waals surface area (Å²) in [6.07, 6.45) is 3.51. The van der Waals surface area contributed by atoms with Crippen molar-refractivity contribution in [3.05, 3.63) is 0 Å². The summed E-state index contributed by atoms with van der Waals surface area (Å²) in [6.45, 7) is 0. The fourth-order valence-electron chi connectivity index (χ4n) is 2.89. The van der Waals surface area contributed by atoms with Gasteiger partial charge < -0.3 is 9.47 Å². The van der Waals surface area contributed by atoms with Gasteiger partial charge in [-0.15, -0.1) is 0 Å². The molecule has 2 saturated heterocycles. The van der Waals surface area contributed by atoms with Crippen LogP contribution in [0.2, 0.25) is 0 Å². The molecule has 2 rings (SSSR count). The zero-order chi connectivity index (χ0) is 12.4. The number of hydrogen-bond donors (Lipinski definition) is 0. The lowest BCUT2D eigenvalue weighted by atomic mass is 9.92. The number of rotatable bonds is 5. The Hall–Kier alpha value is -0.260. The molecule has 0 radical (unpaired) electrons. The third kappa shape index (κ3) is 2.77. The van der Waals surface area contributed by atoms with Crippen LogP contribution in [-0.2, 0) is 25.1 Å². The van der Waals surface area contributed by atoms with Gasteiger partial charge in [0, 0.05) is 41.4 Å². The SMILES string of the molecule is COC(CC(=O)C1CC2CCC(C1)S2=O)OC. The molecule has 0 spiro atoms. The van der Waals surface area contributed by atoms with Gasteiger partial charge in [-0.05, 0) is 25.7 Å². The topological polar surface area (TPSA) is 52.6 Å². The maximum absolute atomic E-state index is 12.1. The minimum absolute atomic E-state index is 0.0676. The molecule has 2 heterocycles. The van der Waals surface area contributed by atoms with Crippen molar-refractivity contribution in [3.63, 3.8) is 0 Å². The standard InChI is InChI=1S/C12H20O4S/c1-15-12(16-2)7-11(13)8-5-9-3-4-10(6-8)17(9)14/h8-10,12H,3-7H2,1-2H3. The molecule has 98 valence electrons. The number of fused-ring (bicyclic) bond motifs is 2. The third-order valence-corrected chi connectivity index (χ3v) is 6.08. The number of hydrogen-bond acceptors (Lipinski definition) is 4.